The van der Waals surface area contributed by atoms with Crippen LogP contribution in [0.4, 0.5) is 0 Å². The fraction of sp³-hybridized carbons (Fsp3) is 0.533. The molecule has 104 valence electrons. The van der Waals surface area contributed by atoms with Crippen LogP contribution >= 0.6 is 0 Å². The van der Waals surface area contributed by atoms with Crippen molar-refractivity contribution in [3.63, 3.8) is 0 Å². The largest absolute Gasteiger partial charge is 0.486 e. The van der Waals surface area contributed by atoms with Crippen molar-refractivity contribution in [2.45, 2.75) is 32.7 Å². The molecule has 0 bridgehead atoms. The summed E-state index contributed by atoms with van der Waals surface area (Å²) in [6.07, 6.45) is 1.41. The summed E-state index contributed by atoms with van der Waals surface area (Å²) in [7, 11) is 0. The van der Waals surface area contributed by atoms with Crippen LogP contribution in [-0.4, -0.2) is 31.6 Å². The van der Waals surface area contributed by atoms with E-state index in [1.807, 2.05) is 12.1 Å². The highest BCUT2D eigenvalue weighted by Crippen LogP contribution is 2.31. The zero-order chi connectivity index (χ0) is 13.7. The van der Waals surface area contributed by atoms with Crippen molar-refractivity contribution in [3.05, 3.63) is 23.8 Å². The Kier molecular flexibility index (Phi) is 4.80. The van der Waals surface area contributed by atoms with E-state index in [4.69, 9.17) is 9.47 Å². The predicted octanol–water partition coefficient (Wildman–Crippen LogP) is 2.42. The minimum Gasteiger partial charge on any atom is -0.486 e. The lowest BCUT2D eigenvalue weighted by Gasteiger charge is -2.18. The Morgan fingerprint density at radius 3 is 2.74 bits per heavy atom. The Labute approximate surface area is 114 Å². The third-order valence-corrected chi connectivity index (χ3v) is 3.00. The molecule has 1 heterocycles. The van der Waals surface area contributed by atoms with Gasteiger partial charge in [-0.25, -0.2) is 0 Å². The van der Waals surface area contributed by atoms with Gasteiger partial charge in [-0.1, -0.05) is 13.8 Å². The molecule has 1 aromatic carbocycles. The van der Waals surface area contributed by atoms with Gasteiger partial charge in [-0.05, 0) is 31.2 Å². The second-order valence-corrected chi connectivity index (χ2v) is 4.99. The SMILES string of the molecule is CC(C)NCCCC(=O)c1ccc2c(c1)OCCO2. The van der Waals surface area contributed by atoms with Gasteiger partial charge in [0.2, 0.25) is 0 Å². The van der Waals surface area contributed by atoms with Gasteiger partial charge in [0.25, 0.3) is 0 Å². The maximum absolute atomic E-state index is 12.1. The zero-order valence-corrected chi connectivity index (χ0v) is 11.6. The van der Waals surface area contributed by atoms with Gasteiger partial charge < -0.3 is 14.8 Å². The summed E-state index contributed by atoms with van der Waals surface area (Å²) in [5.41, 5.74) is 0.703. The molecule has 19 heavy (non-hydrogen) atoms. The van der Waals surface area contributed by atoms with E-state index in [2.05, 4.69) is 19.2 Å². The maximum Gasteiger partial charge on any atom is 0.163 e. The summed E-state index contributed by atoms with van der Waals surface area (Å²) in [5, 5.41) is 3.31. The molecule has 0 radical (unpaired) electrons. The molecule has 1 aliphatic rings. The zero-order valence-electron chi connectivity index (χ0n) is 11.6. The fourth-order valence-corrected chi connectivity index (χ4v) is 2.00. The average molecular weight is 263 g/mol. The molecule has 0 amide bonds. The molecule has 1 aliphatic heterocycles. The molecule has 0 saturated carbocycles. The first-order valence-corrected chi connectivity index (χ1v) is 6.83. The summed E-state index contributed by atoms with van der Waals surface area (Å²) < 4.78 is 10.9. The minimum atomic E-state index is 0.155. The molecule has 0 aromatic heterocycles. The van der Waals surface area contributed by atoms with Gasteiger partial charge >= 0.3 is 0 Å². The number of ether oxygens (including phenoxy) is 2. The summed E-state index contributed by atoms with van der Waals surface area (Å²) in [6, 6.07) is 5.87. The van der Waals surface area contributed by atoms with Crippen molar-refractivity contribution < 1.29 is 14.3 Å². The van der Waals surface area contributed by atoms with Crippen LogP contribution in [0.5, 0.6) is 11.5 Å². The van der Waals surface area contributed by atoms with E-state index in [-0.39, 0.29) is 5.78 Å². The first kappa shape index (κ1) is 13.9. The van der Waals surface area contributed by atoms with Crippen molar-refractivity contribution in [3.8, 4) is 11.5 Å². The summed E-state index contributed by atoms with van der Waals surface area (Å²) in [6.45, 7) is 6.18. The molecule has 1 aromatic rings. The van der Waals surface area contributed by atoms with E-state index in [0.717, 1.165) is 18.7 Å². The number of rotatable bonds is 6. The van der Waals surface area contributed by atoms with Crippen LogP contribution in [0.15, 0.2) is 18.2 Å². The average Bonchev–Trinajstić information content (AvgIpc) is 2.42. The molecule has 1 N–H and O–H groups in total. The topological polar surface area (TPSA) is 47.6 Å². The van der Waals surface area contributed by atoms with Crippen molar-refractivity contribution in [2.24, 2.45) is 0 Å². The van der Waals surface area contributed by atoms with Gasteiger partial charge in [0, 0.05) is 18.0 Å². The lowest BCUT2D eigenvalue weighted by molar-refractivity contribution is 0.0978. The van der Waals surface area contributed by atoms with Crippen LogP contribution in [0.2, 0.25) is 0 Å². The van der Waals surface area contributed by atoms with Crippen molar-refractivity contribution >= 4 is 5.78 Å². The van der Waals surface area contributed by atoms with Crippen LogP contribution in [-0.2, 0) is 0 Å². The van der Waals surface area contributed by atoms with E-state index >= 15 is 0 Å². The predicted molar refractivity (Wildman–Crippen MR) is 74.1 cm³/mol. The summed E-state index contributed by atoms with van der Waals surface area (Å²) >= 11 is 0. The van der Waals surface area contributed by atoms with E-state index < -0.39 is 0 Å². The van der Waals surface area contributed by atoms with Gasteiger partial charge in [0.1, 0.15) is 13.2 Å². The lowest BCUT2D eigenvalue weighted by atomic mass is 10.1. The number of carbonyl (C=O) groups excluding carboxylic acids is 1. The third-order valence-electron chi connectivity index (χ3n) is 3.00. The Bertz CT molecular complexity index is 443. The molecule has 2 rings (SSSR count). The highest BCUT2D eigenvalue weighted by atomic mass is 16.6. The molecule has 0 spiro atoms. The van der Waals surface area contributed by atoms with E-state index in [9.17, 15) is 4.79 Å². The molecule has 0 aliphatic carbocycles. The molecule has 0 saturated heterocycles. The Morgan fingerprint density at radius 2 is 2.00 bits per heavy atom. The number of hydrogen-bond acceptors (Lipinski definition) is 4. The number of fused-ring (bicyclic) bond motifs is 1. The monoisotopic (exact) mass is 263 g/mol. The molecular weight excluding hydrogens is 242 g/mol. The standard InChI is InChI=1S/C15H21NO3/c1-11(2)16-7-3-4-13(17)12-5-6-14-15(10-12)19-9-8-18-14/h5-6,10-11,16H,3-4,7-9H2,1-2H3. The number of ketones is 1. The van der Waals surface area contributed by atoms with Gasteiger partial charge in [-0.2, -0.15) is 0 Å². The quantitative estimate of drug-likeness (QED) is 0.632. The van der Waals surface area contributed by atoms with Gasteiger partial charge in [0.15, 0.2) is 17.3 Å². The molecule has 0 fully saturated rings. The Morgan fingerprint density at radius 1 is 1.26 bits per heavy atom. The van der Waals surface area contributed by atoms with E-state index in [0.29, 0.717) is 37.0 Å². The second kappa shape index (κ2) is 6.57. The number of benzene rings is 1. The third kappa shape index (κ3) is 3.96. The Balaban J connectivity index is 1.88. The van der Waals surface area contributed by atoms with Crippen LogP contribution in [0.1, 0.15) is 37.0 Å². The normalized spacial score (nSPS) is 13.6. The van der Waals surface area contributed by atoms with Crippen LogP contribution in [0, 0.1) is 0 Å². The highest BCUT2D eigenvalue weighted by molar-refractivity contribution is 5.96. The summed E-state index contributed by atoms with van der Waals surface area (Å²) in [4.78, 5) is 12.1. The highest BCUT2D eigenvalue weighted by Gasteiger charge is 2.14. The van der Waals surface area contributed by atoms with Crippen molar-refractivity contribution in [1.82, 2.24) is 5.32 Å². The number of carbonyl (C=O) groups is 1. The first-order valence-electron chi connectivity index (χ1n) is 6.83. The number of nitrogens with one attached hydrogen (secondary N) is 1. The second-order valence-electron chi connectivity index (χ2n) is 4.99. The van der Waals surface area contributed by atoms with E-state index in [1.54, 1.807) is 6.07 Å². The lowest BCUT2D eigenvalue weighted by Crippen LogP contribution is -2.24. The maximum atomic E-state index is 12.1. The molecule has 0 unspecified atom stereocenters. The smallest absolute Gasteiger partial charge is 0.163 e. The summed E-state index contributed by atoms with van der Waals surface area (Å²) in [5.74, 6) is 1.56. The fourth-order valence-electron chi connectivity index (χ4n) is 2.00. The molecule has 4 heteroatoms. The van der Waals surface area contributed by atoms with Gasteiger partial charge in [-0.15, -0.1) is 0 Å². The van der Waals surface area contributed by atoms with Gasteiger partial charge in [0.05, 0.1) is 0 Å². The molecule has 4 nitrogen and oxygen atoms in total. The minimum absolute atomic E-state index is 0.155. The van der Waals surface area contributed by atoms with Gasteiger partial charge in [-0.3, -0.25) is 4.79 Å². The molecular formula is C15H21NO3. The molecule has 0 atom stereocenters. The Hall–Kier alpha value is -1.55. The number of Topliss-reactive ketones (excluding diaryl/α,β-unsaturated/α-hetero) is 1. The van der Waals surface area contributed by atoms with Crippen LogP contribution in [0.3, 0.4) is 0 Å². The van der Waals surface area contributed by atoms with Crippen LogP contribution in [0.25, 0.3) is 0 Å². The van der Waals surface area contributed by atoms with Crippen molar-refractivity contribution in [1.29, 1.82) is 0 Å². The van der Waals surface area contributed by atoms with Crippen molar-refractivity contribution in [2.75, 3.05) is 19.8 Å². The van der Waals surface area contributed by atoms with E-state index in [1.165, 1.54) is 0 Å². The van der Waals surface area contributed by atoms with Crippen LogP contribution < -0.4 is 14.8 Å². The first-order chi connectivity index (χ1) is 9.16. The number of hydrogen-bond donors (Lipinski definition) is 1.